The summed E-state index contributed by atoms with van der Waals surface area (Å²) in [6.45, 7) is 7.81. The van der Waals surface area contributed by atoms with Crippen LogP contribution in [0.15, 0.2) is 35.1 Å². The number of aryl methyl sites for hydroxylation is 1. The molecule has 28 heavy (non-hydrogen) atoms. The Morgan fingerprint density at radius 1 is 1.14 bits per heavy atom. The highest BCUT2D eigenvalue weighted by atomic mass is 35.5. The summed E-state index contributed by atoms with van der Waals surface area (Å²) >= 11 is 6.21. The summed E-state index contributed by atoms with van der Waals surface area (Å²) < 4.78 is 5.78. The van der Waals surface area contributed by atoms with Crippen LogP contribution in [0.25, 0.3) is 11.0 Å². The van der Waals surface area contributed by atoms with Gasteiger partial charge in [0, 0.05) is 5.02 Å². The summed E-state index contributed by atoms with van der Waals surface area (Å²) in [4.78, 5) is 29.2. The molecule has 0 spiro atoms. The number of H-pyrrole nitrogens is 2. The number of rotatable bonds is 6. The first kappa shape index (κ1) is 20.0. The number of ether oxygens (including phenoxy) is 1. The molecule has 0 bridgehead atoms. The van der Waals surface area contributed by atoms with E-state index in [-0.39, 0.29) is 30.2 Å². The highest BCUT2D eigenvalue weighted by molar-refractivity contribution is 6.31. The Labute approximate surface area is 168 Å². The predicted octanol–water partition coefficient (Wildman–Crippen LogP) is 4.20. The van der Waals surface area contributed by atoms with Gasteiger partial charge < -0.3 is 20.0 Å². The number of carbonyl (C=O) groups is 1. The van der Waals surface area contributed by atoms with Crippen molar-refractivity contribution in [1.29, 1.82) is 0 Å². The minimum atomic E-state index is -0.253. The summed E-state index contributed by atoms with van der Waals surface area (Å²) in [6.07, 6.45) is 0. The number of hydrogen-bond donors (Lipinski definition) is 3. The number of hydrogen-bond acceptors (Lipinski definition) is 3. The molecule has 0 aliphatic carbocycles. The summed E-state index contributed by atoms with van der Waals surface area (Å²) in [5.41, 5.74) is 3.95. The van der Waals surface area contributed by atoms with Gasteiger partial charge in [0.2, 0.25) is 0 Å². The second-order valence-electron chi connectivity index (χ2n) is 7.26. The lowest BCUT2D eigenvalue weighted by molar-refractivity contribution is -0.123. The van der Waals surface area contributed by atoms with Crippen LogP contribution in [0.1, 0.15) is 49.4 Å². The molecule has 0 aliphatic rings. The second-order valence-corrected chi connectivity index (χ2v) is 7.66. The first-order valence-electron chi connectivity index (χ1n) is 9.18. The first-order valence-corrected chi connectivity index (χ1v) is 9.56. The lowest BCUT2D eigenvalue weighted by atomic mass is 10.0. The summed E-state index contributed by atoms with van der Waals surface area (Å²) in [7, 11) is 0. The van der Waals surface area contributed by atoms with Crippen molar-refractivity contribution in [2.24, 2.45) is 0 Å². The minimum Gasteiger partial charge on any atom is -0.483 e. The Kier molecular flexibility index (Phi) is 5.79. The molecule has 1 unspecified atom stereocenters. The van der Waals surface area contributed by atoms with Gasteiger partial charge in [-0.1, -0.05) is 31.5 Å². The lowest BCUT2D eigenvalue weighted by Gasteiger charge is -2.18. The molecule has 3 rings (SSSR count). The molecule has 148 valence electrons. The van der Waals surface area contributed by atoms with Gasteiger partial charge in [0.1, 0.15) is 5.75 Å². The van der Waals surface area contributed by atoms with Crippen molar-refractivity contribution in [2.45, 2.75) is 39.7 Å². The summed E-state index contributed by atoms with van der Waals surface area (Å²) in [5.74, 6) is 0.675. The molecular formula is C21H24ClN3O3. The van der Waals surface area contributed by atoms with E-state index < -0.39 is 0 Å². The molecule has 7 heteroatoms. The van der Waals surface area contributed by atoms with Gasteiger partial charge in [0.05, 0.1) is 17.1 Å². The van der Waals surface area contributed by atoms with Crippen LogP contribution in [0.3, 0.4) is 0 Å². The summed E-state index contributed by atoms with van der Waals surface area (Å²) in [6, 6.07) is 9.06. The van der Waals surface area contributed by atoms with Gasteiger partial charge in [-0.25, -0.2) is 4.79 Å². The number of nitrogens with one attached hydrogen (secondary N) is 3. The van der Waals surface area contributed by atoms with Crippen LogP contribution in [-0.2, 0) is 4.79 Å². The predicted molar refractivity (Wildman–Crippen MR) is 111 cm³/mol. The van der Waals surface area contributed by atoms with E-state index in [1.165, 1.54) is 0 Å². The number of fused-ring (bicyclic) bond motifs is 1. The van der Waals surface area contributed by atoms with E-state index in [9.17, 15) is 9.59 Å². The van der Waals surface area contributed by atoms with Crippen LogP contribution in [-0.4, -0.2) is 22.5 Å². The molecule has 0 aliphatic heterocycles. The van der Waals surface area contributed by atoms with E-state index in [0.717, 1.165) is 22.2 Å². The van der Waals surface area contributed by atoms with Gasteiger partial charge in [-0.15, -0.1) is 0 Å². The average molecular weight is 402 g/mol. The summed E-state index contributed by atoms with van der Waals surface area (Å²) in [5, 5.41) is 3.61. The van der Waals surface area contributed by atoms with E-state index in [1.807, 2.05) is 44.2 Å². The van der Waals surface area contributed by atoms with Crippen LogP contribution < -0.4 is 15.7 Å². The Hall–Kier alpha value is -2.73. The maximum atomic E-state index is 12.4. The van der Waals surface area contributed by atoms with Gasteiger partial charge in [-0.2, -0.15) is 0 Å². The maximum absolute atomic E-state index is 12.4. The number of aromatic amines is 2. The number of halogens is 1. The van der Waals surface area contributed by atoms with Gasteiger partial charge in [0.25, 0.3) is 5.91 Å². The molecule has 1 atom stereocenters. The molecular weight excluding hydrogens is 378 g/mol. The van der Waals surface area contributed by atoms with E-state index in [4.69, 9.17) is 16.3 Å². The van der Waals surface area contributed by atoms with Crippen molar-refractivity contribution in [3.05, 3.63) is 62.5 Å². The van der Waals surface area contributed by atoms with Crippen molar-refractivity contribution in [1.82, 2.24) is 15.3 Å². The smallest absolute Gasteiger partial charge is 0.323 e. The van der Waals surface area contributed by atoms with Crippen LogP contribution in [0, 0.1) is 6.92 Å². The molecule has 0 saturated carbocycles. The van der Waals surface area contributed by atoms with E-state index in [0.29, 0.717) is 16.3 Å². The highest BCUT2D eigenvalue weighted by Crippen LogP contribution is 2.32. The molecule has 6 nitrogen and oxygen atoms in total. The van der Waals surface area contributed by atoms with Crippen LogP contribution in [0.4, 0.5) is 0 Å². The minimum absolute atomic E-state index is 0.0889. The fourth-order valence-electron chi connectivity index (χ4n) is 3.08. The van der Waals surface area contributed by atoms with E-state index in [1.54, 1.807) is 0 Å². The van der Waals surface area contributed by atoms with Crippen molar-refractivity contribution >= 4 is 28.5 Å². The van der Waals surface area contributed by atoms with Crippen molar-refractivity contribution in [2.75, 3.05) is 6.61 Å². The normalized spacial score (nSPS) is 12.4. The van der Waals surface area contributed by atoms with Gasteiger partial charge in [0.15, 0.2) is 6.61 Å². The largest absolute Gasteiger partial charge is 0.483 e. The zero-order chi connectivity index (χ0) is 20.4. The van der Waals surface area contributed by atoms with Crippen LogP contribution >= 0.6 is 11.6 Å². The number of amides is 1. The maximum Gasteiger partial charge on any atom is 0.323 e. The van der Waals surface area contributed by atoms with Crippen molar-refractivity contribution in [3.8, 4) is 5.75 Å². The molecule has 1 heterocycles. The quantitative estimate of drug-likeness (QED) is 0.578. The second kappa shape index (κ2) is 8.10. The molecule has 0 fully saturated rings. The van der Waals surface area contributed by atoms with E-state index >= 15 is 0 Å². The SMILES string of the molecule is Cc1cc(OCC(=O)NC(C)c2ccc3[nH]c(=O)[nH]c3c2)c(C(C)C)cc1Cl. The van der Waals surface area contributed by atoms with Gasteiger partial charge in [-0.3, -0.25) is 4.79 Å². The van der Waals surface area contributed by atoms with Crippen LogP contribution in [0.2, 0.25) is 5.02 Å². The number of aromatic nitrogens is 2. The van der Waals surface area contributed by atoms with Crippen LogP contribution in [0.5, 0.6) is 5.75 Å². The van der Waals surface area contributed by atoms with Crippen molar-refractivity contribution < 1.29 is 9.53 Å². The number of carbonyl (C=O) groups excluding carboxylic acids is 1. The Morgan fingerprint density at radius 2 is 1.86 bits per heavy atom. The fourth-order valence-corrected chi connectivity index (χ4v) is 3.25. The number of benzene rings is 2. The highest BCUT2D eigenvalue weighted by Gasteiger charge is 2.15. The molecule has 3 aromatic rings. The Bertz CT molecular complexity index is 1070. The Morgan fingerprint density at radius 3 is 2.57 bits per heavy atom. The molecule has 3 N–H and O–H groups in total. The zero-order valence-electron chi connectivity index (χ0n) is 16.4. The first-order chi connectivity index (χ1) is 13.2. The topological polar surface area (TPSA) is 87.0 Å². The fraction of sp³-hybridized carbons (Fsp3) is 0.333. The molecule has 1 amide bonds. The monoisotopic (exact) mass is 401 g/mol. The standard InChI is InChI=1S/C21H24ClN3O3/c1-11(2)15-9-16(22)12(3)7-19(15)28-10-20(26)23-13(4)14-5-6-17-18(8-14)25-21(27)24-17/h5-9,11,13H,10H2,1-4H3,(H,23,26)(H2,24,25,27). The van der Waals surface area contributed by atoms with E-state index in [2.05, 4.69) is 29.1 Å². The molecule has 2 aromatic carbocycles. The third-order valence-corrected chi connectivity index (χ3v) is 5.10. The molecule has 0 radical (unpaired) electrons. The number of imidazole rings is 1. The molecule has 0 saturated heterocycles. The third kappa shape index (κ3) is 4.39. The lowest BCUT2D eigenvalue weighted by Crippen LogP contribution is -2.31. The average Bonchev–Trinajstić information content (AvgIpc) is 3.01. The zero-order valence-corrected chi connectivity index (χ0v) is 17.1. The van der Waals surface area contributed by atoms with Gasteiger partial charge in [-0.05, 0) is 60.7 Å². The van der Waals surface area contributed by atoms with Crippen molar-refractivity contribution in [3.63, 3.8) is 0 Å². The Balaban J connectivity index is 1.66. The third-order valence-electron chi connectivity index (χ3n) is 4.69. The molecule has 1 aromatic heterocycles. The van der Waals surface area contributed by atoms with Gasteiger partial charge >= 0.3 is 5.69 Å².